The van der Waals surface area contributed by atoms with Crippen LogP contribution in [0.3, 0.4) is 0 Å². The molecule has 0 fully saturated rings. The molecule has 0 aliphatic carbocycles. The molecule has 0 atom stereocenters. The number of benzene rings is 1. The lowest BCUT2D eigenvalue weighted by atomic mass is 10.2. The summed E-state index contributed by atoms with van der Waals surface area (Å²) in [5, 5.41) is 9.24. The van der Waals surface area contributed by atoms with Crippen LogP contribution in [0.4, 0.5) is 0 Å². The van der Waals surface area contributed by atoms with E-state index < -0.39 is 5.97 Å². The average molecular weight is 307 g/mol. The van der Waals surface area contributed by atoms with Crippen molar-refractivity contribution in [2.45, 2.75) is 20.3 Å². The molecule has 1 aromatic heterocycles. The summed E-state index contributed by atoms with van der Waals surface area (Å²) in [5.74, 6) is -0.284. The summed E-state index contributed by atoms with van der Waals surface area (Å²) in [7, 11) is 0. The Morgan fingerprint density at radius 2 is 2.19 bits per heavy atom. The summed E-state index contributed by atoms with van der Waals surface area (Å²) in [5.41, 5.74) is 2.89. The predicted molar refractivity (Wildman–Crippen MR) is 80.6 cm³/mol. The Labute approximate surface area is 127 Å². The van der Waals surface area contributed by atoms with Crippen LogP contribution in [0, 0.1) is 6.92 Å². The van der Waals surface area contributed by atoms with Crippen molar-refractivity contribution in [2.75, 3.05) is 13.2 Å². The molecule has 0 saturated heterocycles. The lowest BCUT2D eigenvalue weighted by Gasteiger charge is -2.14. The normalized spacial score (nSPS) is 10.4. The lowest BCUT2D eigenvalue weighted by molar-refractivity contribution is 0.0691. The highest BCUT2D eigenvalue weighted by Crippen LogP contribution is 2.31. The summed E-state index contributed by atoms with van der Waals surface area (Å²) >= 11 is 1.57. The van der Waals surface area contributed by atoms with Crippen LogP contribution in [0.15, 0.2) is 23.7 Å². The number of hydrogen-bond donors (Lipinski definition) is 1. The van der Waals surface area contributed by atoms with E-state index in [4.69, 9.17) is 9.47 Å². The molecule has 2 aromatic rings. The molecule has 21 heavy (non-hydrogen) atoms. The molecule has 0 aliphatic heterocycles. The second-order valence-electron chi connectivity index (χ2n) is 4.33. The Morgan fingerprint density at radius 3 is 2.81 bits per heavy atom. The standard InChI is InChI=1S/C15H17NO4S/c1-3-19-12-6-4-5-11(15(17)18)14(12)20-8-7-13-10(2)16-9-21-13/h4-6,9H,3,7-8H2,1-2H3,(H,17,18). The van der Waals surface area contributed by atoms with Gasteiger partial charge in [-0.25, -0.2) is 9.78 Å². The number of hydrogen-bond acceptors (Lipinski definition) is 5. The average Bonchev–Trinajstić information content (AvgIpc) is 2.86. The van der Waals surface area contributed by atoms with Gasteiger partial charge in [0.15, 0.2) is 11.5 Å². The number of para-hydroxylation sites is 1. The van der Waals surface area contributed by atoms with Gasteiger partial charge in [-0.15, -0.1) is 11.3 Å². The van der Waals surface area contributed by atoms with Gasteiger partial charge >= 0.3 is 5.97 Å². The second kappa shape index (κ2) is 7.08. The Morgan fingerprint density at radius 1 is 1.38 bits per heavy atom. The molecule has 6 heteroatoms. The minimum Gasteiger partial charge on any atom is -0.490 e. The Bertz CT molecular complexity index is 624. The van der Waals surface area contributed by atoms with Crippen molar-refractivity contribution >= 4 is 17.3 Å². The molecule has 0 unspecified atom stereocenters. The topological polar surface area (TPSA) is 68.7 Å². The molecule has 2 rings (SSSR count). The van der Waals surface area contributed by atoms with Crippen LogP contribution in [0.25, 0.3) is 0 Å². The maximum absolute atomic E-state index is 11.3. The van der Waals surface area contributed by atoms with Crippen molar-refractivity contribution in [1.82, 2.24) is 4.98 Å². The number of nitrogens with zero attached hydrogens (tertiary/aromatic N) is 1. The van der Waals surface area contributed by atoms with Gasteiger partial charge in [0.2, 0.25) is 0 Å². The first-order valence-electron chi connectivity index (χ1n) is 6.64. The van der Waals surface area contributed by atoms with Crippen molar-refractivity contribution in [1.29, 1.82) is 0 Å². The van der Waals surface area contributed by atoms with Gasteiger partial charge in [0.1, 0.15) is 5.56 Å². The van der Waals surface area contributed by atoms with Crippen molar-refractivity contribution in [3.8, 4) is 11.5 Å². The smallest absolute Gasteiger partial charge is 0.339 e. The highest BCUT2D eigenvalue weighted by atomic mass is 32.1. The van der Waals surface area contributed by atoms with E-state index >= 15 is 0 Å². The van der Waals surface area contributed by atoms with Gasteiger partial charge in [-0.1, -0.05) is 6.07 Å². The number of carbonyl (C=O) groups is 1. The number of aromatic nitrogens is 1. The summed E-state index contributed by atoms with van der Waals surface area (Å²) in [6.07, 6.45) is 0.690. The molecule has 0 aliphatic rings. The fourth-order valence-electron chi connectivity index (χ4n) is 1.91. The molecule has 0 amide bonds. The largest absolute Gasteiger partial charge is 0.490 e. The van der Waals surface area contributed by atoms with Crippen LogP contribution in [0.1, 0.15) is 27.9 Å². The van der Waals surface area contributed by atoms with Gasteiger partial charge in [0.05, 0.1) is 24.4 Å². The van der Waals surface area contributed by atoms with E-state index in [0.717, 1.165) is 10.6 Å². The Hall–Kier alpha value is -2.08. The first kappa shape index (κ1) is 15.3. The van der Waals surface area contributed by atoms with Crippen LogP contribution < -0.4 is 9.47 Å². The Balaban J connectivity index is 2.13. The number of rotatable bonds is 7. The minimum absolute atomic E-state index is 0.113. The zero-order chi connectivity index (χ0) is 15.2. The zero-order valence-electron chi connectivity index (χ0n) is 12.0. The molecule has 1 aromatic carbocycles. The van der Waals surface area contributed by atoms with Crippen molar-refractivity contribution in [2.24, 2.45) is 0 Å². The van der Waals surface area contributed by atoms with Crippen LogP contribution in [0.5, 0.6) is 11.5 Å². The fourth-order valence-corrected chi connectivity index (χ4v) is 2.68. The molecule has 1 heterocycles. The summed E-state index contributed by atoms with van der Waals surface area (Å²) in [6.45, 7) is 4.63. The summed E-state index contributed by atoms with van der Waals surface area (Å²) < 4.78 is 11.1. The third-order valence-corrected chi connectivity index (χ3v) is 3.92. The van der Waals surface area contributed by atoms with E-state index in [0.29, 0.717) is 25.4 Å². The second-order valence-corrected chi connectivity index (χ2v) is 5.27. The van der Waals surface area contributed by atoms with E-state index in [1.165, 1.54) is 6.07 Å². The van der Waals surface area contributed by atoms with Gasteiger partial charge in [0.25, 0.3) is 0 Å². The fraction of sp³-hybridized carbons (Fsp3) is 0.333. The van der Waals surface area contributed by atoms with Crippen LogP contribution in [-0.2, 0) is 6.42 Å². The van der Waals surface area contributed by atoms with Crippen molar-refractivity contribution < 1.29 is 19.4 Å². The molecule has 0 saturated carbocycles. The van der Waals surface area contributed by atoms with Gasteiger partial charge in [0, 0.05) is 11.3 Å². The van der Waals surface area contributed by atoms with Crippen LogP contribution in [0.2, 0.25) is 0 Å². The summed E-state index contributed by atoms with van der Waals surface area (Å²) in [6, 6.07) is 4.87. The summed E-state index contributed by atoms with van der Waals surface area (Å²) in [4.78, 5) is 16.6. The number of carboxylic acid groups (broad SMARTS) is 1. The molecule has 5 nitrogen and oxygen atoms in total. The molecular formula is C15H17NO4S. The molecule has 0 radical (unpaired) electrons. The molecule has 0 spiro atoms. The zero-order valence-corrected chi connectivity index (χ0v) is 12.8. The number of thiazole rings is 1. The van der Waals surface area contributed by atoms with Gasteiger partial charge in [-0.05, 0) is 26.0 Å². The van der Waals surface area contributed by atoms with E-state index in [1.54, 1.807) is 29.0 Å². The Kier molecular flexibility index (Phi) is 5.16. The highest BCUT2D eigenvalue weighted by molar-refractivity contribution is 7.09. The van der Waals surface area contributed by atoms with Gasteiger partial charge < -0.3 is 14.6 Å². The van der Waals surface area contributed by atoms with Crippen LogP contribution in [-0.4, -0.2) is 29.3 Å². The number of aromatic carboxylic acids is 1. The predicted octanol–water partition coefficient (Wildman–Crippen LogP) is 3.17. The number of aryl methyl sites for hydroxylation is 1. The highest BCUT2D eigenvalue weighted by Gasteiger charge is 2.16. The molecule has 0 bridgehead atoms. The lowest BCUT2D eigenvalue weighted by Crippen LogP contribution is -2.08. The van der Waals surface area contributed by atoms with E-state index in [-0.39, 0.29) is 11.3 Å². The van der Waals surface area contributed by atoms with Crippen molar-refractivity contribution in [3.63, 3.8) is 0 Å². The van der Waals surface area contributed by atoms with E-state index in [1.807, 2.05) is 13.8 Å². The molecule has 112 valence electrons. The first-order chi connectivity index (χ1) is 10.1. The maximum atomic E-state index is 11.3. The SMILES string of the molecule is CCOc1cccc(C(=O)O)c1OCCc1scnc1C. The monoisotopic (exact) mass is 307 g/mol. The van der Waals surface area contributed by atoms with E-state index in [9.17, 15) is 9.90 Å². The number of carboxylic acids is 1. The maximum Gasteiger partial charge on any atom is 0.339 e. The molecule has 1 N–H and O–H groups in total. The molecular weight excluding hydrogens is 290 g/mol. The first-order valence-corrected chi connectivity index (χ1v) is 7.52. The third kappa shape index (κ3) is 3.72. The minimum atomic E-state index is -1.03. The third-order valence-electron chi connectivity index (χ3n) is 2.93. The van der Waals surface area contributed by atoms with Gasteiger partial charge in [-0.2, -0.15) is 0 Å². The van der Waals surface area contributed by atoms with Crippen LogP contribution >= 0.6 is 11.3 Å². The van der Waals surface area contributed by atoms with Gasteiger partial charge in [-0.3, -0.25) is 0 Å². The van der Waals surface area contributed by atoms with E-state index in [2.05, 4.69) is 4.98 Å². The van der Waals surface area contributed by atoms with Crippen molar-refractivity contribution in [3.05, 3.63) is 39.8 Å². The quantitative estimate of drug-likeness (QED) is 0.851. The number of ether oxygens (including phenoxy) is 2.